The molecular formula is C24H24FNO3S. The highest BCUT2D eigenvalue weighted by Gasteiger charge is 2.17. The fourth-order valence-corrected chi connectivity index (χ4v) is 3.98. The SMILES string of the molecule is COc1ccc(C(Cc2ccc(F)cc2)NC(=O)CCC(=O)c2ccc(C)s2)cc1. The highest BCUT2D eigenvalue weighted by Crippen LogP contribution is 2.22. The van der Waals surface area contributed by atoms with Gasteiger partial charge in [0.25, 0.3) is 0 Å². The third-order valence-electron chi connectivity index (χ3n) is 4.80. The predicted molar refractivity (Wildman–Crippen MR) is 117 cm³/mol. The van der Waals surface area contributed by atoms with Crippen LogP contribution in [0.15, 0.2) is 60.7 Å². The fourth-order valence-electron chi connectivity index (χ4n) is 3.15. The van der Waals surface area contributed by atoms with E-state index in [1.165, 1.54) is 23.5 Å². The number of amides is 1. The maximum atomic E-state index is 13.2. The highest BCUT2D eigenvalue weighted by molar-refractivity contribution is 7.14. The predicted octanol–water partition coefficient (Wildman–Crippen LogP) is 5.27. The van der Waals surface area contributed by atoms with Crippen molar-refractivity contribution >= 4 is 23.0 Å². The molecule has 0 aliphatic carbocycles. The van der Waals surface area contributed by atoms with Crippen LogP contribution >= 0.6 is 11.3 Å². The lowest BCUT2D eigenvalue weighted by atomic mass is 9.98. The molecule has 30 heavy (non-hydrogen) atoms. The molecule has 0 saturated heterocycles. The number of nitrogens with one attached hydrogen (secondary N) is 1. The van der Waals surface area contributed by atoms with E-state index in [-0.39, 0.29) is 36.4 Å². The molecular weight excluding hydrogens is 401 g/mol. The molecule has 2 aromatic carbocycles. The molecule has 0 fully saturated rings. The Labute approximate surface area is 179 Å². The number of ketones is 1. The van der Waals surface area contributed by atoms with E-state index in [0.29, 0.717) is 11.3 Å². The molecule has 0 spiro atoms. The number of hydrogen-bond acceptors (Lipinski definition) is 4. The van der Waals surface area contributed by atoms with Crippen molar-refractivity contribution in [1.29, 1.82) is 0 Å². The van der Waals surface area contributed by atoms with Gasteiger partial charge in [-0.25, -0.2) is 4.39 Å². The van der Waals surface area contributed by atoms with E-state index in [1.54, 1.807) is 25.3 Å². The van der Waals surface area contributed by atoms with Crippen LogP contribution in [0.5, 0.6) is 5.75 Å². The Hall–Kier alpha value is -2.99. The van der Waals surface area contributed by atoms with E-state index in [4.69, 9.17) is 4.74 Å². The van der Waals surface area contributed by atoms with Crippen LogP contribution in [-0.4, -0.2) is 18.8 Å². The number of ether oxygens (including phenoxy) is 1. The van der Waals surface area contributed by atoms with E-state index < -0.39 is 0 Å². The van der Waals surface area contributed by atoms with Crippen LogP contribution in [0.2, 0.25) is 0 Å². The van der Waals surface area contributed by atoms with Gasteiger partial charge >= 0.3 is 0 Å². The summed E-state index contributed by atoms with van der Waals surface area (Å²) < 4.78 is 18.4. The molecule has 0 saturated carbocycles. The minimum atomic E-state index is -0.300. The molecule has 3 aromatic rings. The Morgan fingerprint density at radius 2 is 1.70 bits per heavy atom. The maximum Gasteiger partial charge on any atom is 0.220 e. The number of methoxy groups -OCH3 is 1. The van der Waals surface area contributed by atoms with Crippen molar-refractivity contribution in [3.63, 3.8) is 0 Å². The van der Waals surface area contributed by atoms with Crippen molar-refractivity contribution in [3.05, 3.63) is 87.4 Å². The second-order valence-corrected chi connectivity index (χ2v) is 8.35. The molecule has 6 heteroatoms. The van der Waals surface area contributed by atoms with Crippen molar-refractivity contribution in [3.8, 4) is 5.75 Å². The van der Waals surface area contributed by atoms with Gasteiger partial charge in [-0.2, -0.15) is 0 Å². The molecule has 3 rings (SSSR count). The topological polar surface area (TPSA) is 55.4 Å². The van der Waals surface area contributed by atoms with Crippen LogP contribution in [0.25, 0.3) is 0 Å². The van der Waals surface area contributed by atoms with E-state index in [0.717, 1.165) is 21.8 Å². The molecule has 156 valence electrons. The molecule has 1 amide bonds. The normalized spacial score (nSPS) is 11.7. The van der Waals surface area contributed by atoms with Gasteiger partial charge < -0.3 is 10.1 Å². The number of hydrogen-bond donors (Lipinski definition) is 1. The van der Waals surface area contributed by atoms with Gasteiger partial charge in [-0.1, -0.05) is 24.3 Å². The maximum absolute atomic E-state index is 13.2. The van der Waals surface area contributed by atoms with Gasteiger partial charge in [0.1, 0.15) is 11.6 Å². The van der Waals surface area contributed by atoms with Crippen molar-refractivity contribution in [2.24, 2.45) is 0 Å². The van der Waals surface area contributed by atoms with Crippen LogP contribution in [0.1, 0.15) is 44.6 Å². The average molecular weight is 426 g/mol. The number of halogens is 1. The molecule has 1 aromatic heterocycles. The first kappa shape index (κ1) is 21.7. The van der Waals surface area contributed by atoms with Crippen LogP contribution in [0, 0.1) is 12.7 Å². The highest BCUT2D eigenvalue weighted by atomic mass is 32.1. The van der Waals surface area contributed by atoms with Crippen LogP contribution in [0.4, 0.5) is 4.39 Å². The minimum Gasteiger partial charge on any atom is -0.497 e. The van der Waals surface area contributed by atoms with Crippen molar-refractivity contribution < 1.29 is 18.7 Å². The van der Waals surface area contributed by atoms with Crippen molar-refractivity contribution in [2.45, 2.75) is 32.2 Å². The zero-order valence-electron chi connectivity index (χ0n) is 17.0. The van der Waals surface area contributed by atoms with Gasteiger partial charge in [0.05, 0.1) is 18.0 Å². The quantitative estimate of drug-likeness (QED) is 0.475. The Kier molecular flexibility index (Phi) is 7.36. The van der Waals surface area contributed by atoms with Gasteiger partial charge in [-0.05, 0) is 60.9 Å². The number of benzene rings is 2. The lowest BCUT2D eigenvalue weighted by Gasteiger charge is -2.20. The zero-order chi connectivity index (χ0) is 21.5. The Bertz CT molecular complexity index is 996. The molecule has 0 aliphatic rings. The van der Waals surface area contributed by atoms with E-state index in [2.05, 4.69) is 5.32 Å². The van der Waals surface area contributed by atoms with Crippen LogP contribution in [0.3, 0.4) is 0 Å². The summed E-state index contributed by atoms with van der Waals surface area (Å²) in [4.78, 5) is 26.6. The summed E-state index contributed by atoms with van der Waals surface area (Å²) in [6.07, 6.45) is 0.792. The van der Waals surface area contributed by atoms with E-state index in [1.807, 2.05) is 37.3 Å². The third kappa shape index (κ3) is 6.00. The molecule has 1 heterocycles. The Morgan fingerprint density at radius 3 is 2.30 bits per heavy atom. The first-order valence-corrected chi connectivity index (χ1v) is 10.5. The lowest BCUT2D eigenvalue weighted by Crippen LogP contribution is -2.30. The second-order valence-electron chi connectivity index (χ2n) is 7.06. The molecule has 1 N–H and O–H groups in total. The Morgan fingerprint density at radius 1 is 1.00 bits per heavy atom. The molecule has 0 bridgehead atoms. The molecule has 0 aliphatic heterocycles. The standard InChI is InChI=1S/C24H24FNO3S/c1-16-3-13-23(30-16)22(27)12-14-24(28)26-21(15-17-4-8-19(25)9-5-17)18-6-10-20(29-2)11-7-18/h3-11,13,21H,12,14-15H2,1-2H3,(H,26,28). The second kappa shape index (κ2) is 10.2. The summed E-state index contributed by atoms with van der Waals surface area (Å²) in [5.41, 5.74) is 1.82. The molecule has 1 unspecified atom stereocenters. The summed E-state index contributed by atoms with van der Waals surface area (Å²) in [5, 5.41) is 3.02. The van der Waals surface area contributed by atoms with Crippen molar-refractivity contribution in [2.75, 3.05) is 7.11 Å². The van der Waals surface area contributed by atoms with Gasteiger partial charge in [-0.3, -0.25) is 9.59 Å². The van der Waals surface area contributed by atoms with E-state index in [9.17, 15) is 14.0 Å². The van der Waals surface area contributed by atoms with Gasteiger partial charge in [0.15, 0.2) is 5.78 Å². The molecule has 4 nitrogen and oxygen atoms in total. The largest absolute Gasteiger partial charge is 0.497 e. The van der Waals surface area contributed by atoms with Gasteiger partial charge in [0, 0.05) is 17.7 Å². The van der Waals surface area contributed by atoms with Gasteiger partial charge in [-0.15, -0.1) is 11.3 Å². The van der Waals surface area contributed by atoms with Crippen molar-refractivity contribution in [1.82, 2.24) is 5.32 Å². The van der Waals surface area contributed by atoms with Crippen LogP contribution < -0.4 is 10.1 Å². The monoisotopic (exact) mass is 425 g/mol. The summed E-state index contributed by atoms with van der Waals surface area (Å²) in [6, 6.07) is 17.1. The number of rotatable bonds is 9. The number of carbonyl (C=O) groups is 2. The lowest BCUT2D eigenvalue weighted by molar-refractivity contribution is -0.121. The number of thiophene rings is 1. The smallest absolute Gasteiger partial charge is 0.220 e. The first-order valence-electron chi connectivity index (χ1n) is 9.72. The zero-order valence-corrected chi connectivity index (χ0v) is 17.8. The summed E-state index contributed by atoms with van der Waals surface area (Å²) in [6.45, 7) is 1.95. The van der Waals surface area contributed by atoms with Crippen LogP contribution in [-0.2, 0) is 11.2 Å². The fraction of sp³-hybridized carbons (Fsp3) is 0.250. The number of carbonyl (C=O) groups excluding carboxylic acids is 2. The summed E-state index contributed by atoms with van der Waals surface area (Å²) in [7, 11) is 1.60. The number of Topliss-reactive ketones (excluding diaryl/α,β-unsaturated/α-hetero) is 1. The summed E-state index contributed by atoms with van der Waals surface area (Å²) >= 11 is 1.44. The number of aryl methyl sites for hydroxylation is 1. The third-order valence-corrected chi connectivity index (χ3v) is 5.84. The molecule has 0 radical (unpaired) electrons. The minimum absolute atomic E-state index is 0.0252. The molecule has 1 atom stereocenters. The summed E-state index contributed by atoms with van der Waals surface area (Å²) in [5.74, 6) is 0.205. The Balaban J connectivity index is 1.68. The van der Waals surface area contributed by atoms with E-state index >= 15 is 0 Å². The van der Waals surface area contributed by atoms with Gasteiger partial charge in [0.2, 0.25) is 5.91 Å². The average Bonchev–Trinajstić information content (AvgIpc) is 3.19. The first-order chi connectivity index (χ1) is 14.4.